The van der Waals surface area contributed by atoms with E-state index in [4.69, 9.17) is 4.74 Å². The Labute approximate surface area is 192 Å². The molecule has 0 aliphatic carbocycles. The predicted molar refractivity (Wildman–Crippen MR) is 126 cm³/mol. The summed E-state index contributed by atoms with van der Waals surface area (Å²) >= 11 is 0. The van der Waals surface area contributed by atoms with Crippen LogP contribution in [0.25, 0.3) is 0 Å². The lowest BCUT2D eigenvalue weighted by Crippen LogP contribution is -2.13. The van der Waals surface area contributed by atoms with Gasteiger partial charge in [-0.1, -0.05) is 39.8 Å². The van der Waals surface area contributed by atoms with E-state index in [2.05, 4.69) is 41.4 Å². The van der Waals surface area contributed by atoms with Gasteiger partial charge in [0.05, 0.1) is 6.10 Å². The van der Waals surface area contributed by atoms with Gasteiger partial charge >= 0.3 is 6.18 Å². The number of halogens is 3. The molecule has 0 spiro atoms. The van der Waals surface area contributed by atoms with Crippen LogP contribution in [0.15, 0.2) is 54.7 Å². The highest BCUT2D eigenvalue weighted by Crippen LogP contribution is 2.35. The summed E-state index contributed by atoms with van der Waals surface area (Å²) < 4.78 is 46.4. The predicted octanol–water partition coefficient (Wildman–Crippen LogP) is 7.46. The first-order chi connectivity index (χ1) is 15.5. The summed E-state index contributed by atoms with van der Waals surface area (Å²) in [5.74, 6) is 0.377. The van der Waals surface area contributed by atoms with Gasteiger partial charge < -0.3 is 15.4 Å². The minimum Gasteiger partial charge on any atom is -0.491 e. The van der Waals surface area contributed by atoms with Crippen LogP contribution in [0.4, 0.5) is 36.3 Å². The minimum atomic E-state index is -4.60. The molecule has 0 bridgehead atoms. The number of hydrogen-bond donors (Lipinski definition) is 2. The van der Waals surface area contributed by atoms with Crippen molar-refractivity contribution in [3.8, 4) is 5.75 Å². The highest BCUT2D eigenvalue weighted by molar-refractivity contribution is 5.63. The van der Waals surface area contributed by atoms with Crippen molar-refractivity contribution < 1.29 is 17.9 Å². The number of nitrogens with one attached hydrogen (secondary N) is 2. The number of alkyl halides is 3. The molecule has 1 heterocycles. The number of anilines is 4. The van der Waals surface area contributed by atoms with E-state index in [-0.39, 0.29) is 23.3 Å². The van der Waals surface area contributed by atoms with E-state index < -0.39 is 11.7 Å². The van der Waals surface area contributed by atoms with Crippen LogP contribution in [0, 0.1) is 0 Å². The van der Waals surface area contributed by atoms with Gasteiger partial charge in [-0.2, -0.15) is 18.2 Å². The maximum atomic E-state index is 13.6. The van der Waals surface area contributed by atoms with Gasteiger partial charge in [0.15, 0.2) is 0 Å². The van der Waals surface area contributed by atoms with Crippen LogP contribution in [0.5, 0.6) is 5.75 Å². The van der Waals surface area contributed by atoms with Gasteiger partial charge in [-0.25, -0.2) is 4.98 Å². The van der Waals surface area contributed by atoms with Crippen LogP contribution in [0.3, 0.4) is 0 Å². The van der Waals surface area contributed by atoms with Crippen LogP contribution >= 0.6 is 0 Å². The summed E-state index contributed by atoms with van der Waals surface area (Å²) in [5, 5.41) is 5.74. The topological polar surface area (TPSA) is 59.1 Å². The minimum absolute atomic E-state index is 0.00432. The maximum absolute atomic E-state index is 13.6. The molecule has 2 N–H and O–H groups in total. The molecule has 0 saturated carbocycles. The molecule has 0 saturated heterocycles. The van der Waals surface area contributed by atoms with Crippen molar-refractivity contribution in [2.45, 2.75) is 58.7 Å². The van der Waals surface area contributed by atoms with Crippen molar-refractivity contribution in [3.05, 3.63) is 65.9 Å². The smallest absolute Gasteiger partial charge is 0.421 e. The van der Waals surface area contributed by atoms with Gasteiger partial charge in [-0.3, -0.25) is 0 Å². The van der Waals surface area contributed by atoms with Gasteiger partial charge in [-0.05, 0) is 60.7 Å². The summed E-state index contributed by atoms with van der Waals surface area (Å²) in [6, 6.07) is 14.4. The number of nitrogens with zero attached hydrogens (tertiary/aromatic N) is 2. The Morgan fingerprint density at radius 3 is 2.03 bits per heavy atom. The summed E-state index contributed by atoms with van der Waals surface area (Å²) in [4.78, 5) is 7.97. The quantitative estimate of drug-likeness (QED) is 0.385. The van der Waals surface area contributed by atoms with E-state index >= 15 is 0 Å². The van der Waals surface area contributed by atoms with Gasteiger partial charge in [0, 0.05) is 17.6 Å². The fraction of sp³-hybridized carbons (Fsp3) is 0.360. The summed E-state index contributed by atoms with van der Waals surface area (Å²) in [7, 11) is 0. The number of hydrogen-bond acceptors (Lipinski definition) is 5. The lowest BCUT2D eigenvalue weighted by Gasteiger charge is -2.19. The zero-order valence-electron chi connectivity index (χ0n) is 19.4. The van der Waals surface area contributed by atoms with Gasteiger partial charge in [0.1, 0.15) is 17.1 Å². The SMILES string of the molecule is CCC(C)Oc1ccc(Nc2nc(Nc3ccc(C(C)(C)C)cc3)ncc2C(F)(F)F)cc1. The van der Waals surface area contributed by atoms with Crippen molar-refractivity contribution >= 4 is 23.1 Å². The molecule has 1 atom stereocenters. The van der Waals surface area contributed by atoms with Crippen LogP contribution in [-0.4, -0.2) is 16.1 Å². The Bertz CT molecular complexity index is 1060. The third-order valence-corrected chi connectivity index (χ3v) is 5.13. The molecule has 176 valence electrons. The Hall–Kier alpha value is -3.29. The van der Waals surface area contributed by atoms with Crippen molar-refractivity contribution in [2.24, 2.45) is 0 Å². The molecule has 0 amide bonds. The number of benzene rings is 2. The third-order valence-electron chi connectivity index (χ3n) is 5.13. The zero-order valence-corrected chi connectivity index (χ0v) is 19.4. The van der Waals surface area contributed by atoms with E-state index in [9.17, 15) is 13.2 Å². The maximum Gasteiger partial charge on any atom is 0.421 e. The fourth-order valence-corrected chi connectivity index (χ4v) is 3.00. The van der Waals surface area contributed by atoms with E-state index in [0.717, 1.165) is 18.2 Å². The van der Waals surface area contributed by atoms with Crippen molar-refractivity contribution in [1.29, 1.82) is 0 Å². The monoisotopic (exact) mass is 458 g/mol. The van der Waals surface area contributed by atoms with Crippen LogP contribution < -0.4 is 15.4 Å². The fourth-order valence-electron chi connectivity index (χ4n) is 3.00. The van der Waals surface area contributed by atoms with E-state index in [1.807, 2.05) is 38.1 Å². The first-order valence-electron chi connectivity index (χ1n) is 10.8. The molecule has 1 unspecified atom stereocenters. The van der Waals surface area contributed by atoms with E-state index in [1.54, 1.807) is 24.3 Å². The Morgan fingerprint density at radius 2 is 1.48 bits per heavy atom. The number of rotatable bonds is 7. The highest BCUT2D eigenvalue weighted by Gasteiger charge is 2.35. The summed E-state index contributed by atoms with van der Waals surface area (Å²) in [6.45, 7) is 10.3. The Morgan fingerprint density at radius 1 is 0.909 bits per heavy atom. The Kier molecular flexibility index (Phi) is 7.15. The second-order valence-corrected chi connectivity index (χ2v) is 8.89. The molecule has 0 fully saturated rings. The van der Waals surface area contributed by atoms with Crippen molar-refractivity contribution in [1.82, 2.24) is 9.97 Å². The molecule has 1 aromatic heterocycles. The van der Waals surface area contributed by atoms with Gasteiger partial charge in [0.25, 0.3) is 0 Å². The molecule has 0 aliphatic heterocycles. The molecule has 2 aromatic carbocycles. The largest absolute Gasteiger partial charge is 0.491 e. The second-order valence-electron chi connectivity index (χ2n) is 8.89. The average Bonchev–Trinajstić information content (AvgIpc) is 2.74. The van der Waals surface area contributed by atoms with Gasteiger partial charge in [0.2, 0.25) is 5.95 Å². The molecule has 0 radical (unpaired) electrons. The first-order valence-corrected chi connectivity index (χ1v) is 10.8. The molecular formula is C25H29F3N4O. The molecule has 8 heteroatoms. The van der Waals surface area contributed by atoms with Crippen LogP contribution in [-0.2, 0) is 11.6 Å². The highest BCUT2D eigenvalue weighted by atomic mass is 19.4. The first kappa shape index (κ1) is 24.4. The zero-order chi connectivity index (χ0) is 24.2. The Balaban J connectivity index is 1.83. The standard InChI is InChI=1S/C25H29F3N4O/c1-6-16(2)33-20-13-11-18(12-14-20)30-22-21(25(26,27)28)15-29-23(32-22)31-19-9-7-17(8-10-19)24(3,4)5/h7-16H,6H2,1-5H3,(H2,29,30,31,32). The number of aromatic nitrogens is 2. The average molecular weight is 459 g/mol. The second kappa shape index (κ2) is 9.68. The molecule has 3 rings (SSSR count). The lowest BCUT2D eigenvalue weighted by molar-refractivity contribution is -0.137. The van der Waals surface area contributed by atoms with Crippen molar-refractivity contribution in [3.63, 3.8) is 0 Å². The van der Waals surface area contributed by atoms with Crippen LogP contribution in [0.1, 0.15) is 52.2 Å². The van der Waals surface area contributed by atoms with Crippen molar-refractivity contribution in [2.75, 3.05) is 10.6 Å². The number of ether oxygens (including phenoxy) is 1. The normalized spacial score (nSPS) is 12.8. The summed E-state index contributed by atoms with van der Waals surface area (Å²) in [5.41, 5.74) is 1.33. The molecule has 3 aromatic rings. The van der Waals surface area contributed by atoms with E-state index in [1.165, 1.54) is 0 Å². The van der Waals surface area contributed by atoms with E-state index in [0.29, 0.717) is 17.1 Å². The lowest BCUT2D eigenvalue weighted by atomic mass is 9.87. The van der Waals surface area contributed by atoms with Gasteiger partial charge in [-0.15, -0.1) is 0 Å². The molecule has 0 aliphatic rings. The third kappa shape index (κ3) is 6.60. The molecule has 5 nitrogen and oxygen atoms in total. The molecular weight excluding hydrogens is 429 g/mol. The summed E-state index contributed by atoms with van der Waals surface area (Å²) in [6.07, 6.45) is -2.92. The van der Waals surface area contributed by atoms with Crippen LogP contribution in [0.2, 0.25) is 0 Å². The molecule has 33 heavy (non-hydrogen) atoms.